The lowest BCUT2D eigenvalue weighted by Crippen LogP contribution is -2.28. The van der Waals surface area contributed by atoms with Gasteiger partial charge in [0.15, 0.2) is 0 Å². The molecule has 0 aliphatic carbocycles. The topological polar surface area (TPSA) is 38.0 Å². The van der Waals surface area contributed by atoms with Gasteiger partial charge in [0.05, 0.1) is 0 Å². The van der Waals surface area contributed by atoms with Crippen LogP contribution in [-0.4, -0.2) is 0 Å². The number of hydrogen-bond donors (Lipinski definition) is 2. The molecule has 0 aliphatic rings. The summed E-state index contributed by atoms with van der Waals surface area (Å²) in [4.78, 5) is 0. The predicted molar refractivity (Wildman–Crippen MR) is 76.4 cm³/mol. The minimum atomic E-state index is 0.259. The molecule has 0 heterocycles. The van der Waals surface area contributed by atoms with E-state index in [9.17, 15) is 0 Å². The molecule has 0 aromatic heterocycles. The summed E-state index contributed by atoms with van der Waals surface area (Å²) in [5.74, 6) is 5.60. The van der Waals surface area contributed by atoms with Gasteiger partial charge in [0.25, 0.3) is 0 Å². The fourth-order valence-corrected chi connectivity index (χ4v) is 2.61. The summed E-state index contributed by atoms with van der Waals surface area (Å²) in [5, 5.41) is 0. The summed E-state index contributed by atoms with van der Waals surface area (Å²) in [5.41, 5.74) is 4.17. The van der Waals surface area contributed by atoms with Crippen LogP contribution < -0.4 is 11.3 Å². The van der Waals surface area contributed by atoms with Gasteiger partial charge in [0.1, 0.15) is 0 Å². The van der Waals surface area contributed by atoms with Gasteiger partial charge < -0.3 is 0 Å². The maximum atomic E-state index is 5.60. The number of rotatable bonds is 5. The first kappa shape index (κ1) is 13.4. The molecule has 0 saturated heterocycles. The first-order chi connectivity index (χ1) is 7.19. The van der Waals surface area contributed by atoms with Gasteiger partial charge in [-0.2, -0.15) is 0 Å². The van der Waals surface area contributed by atoms with E-state index in [0.29, 0.717) is 0 Å². The number of halogens is 2. The molecule has 0 radical (unpaired) electrons. The highest BCUT2D eigenvalue weighted by atomic mass is 127. The van der Waals surface area contributed by atoms with Crippen molar-refractivity contribution in [1.82, 2.24) is 5.43 Å². The maximum Gasteiger partial charge on any atom is 0.0470 e. The maximum absolute atomic E-state index is 5.60. The van der Waals surface area contributed by atoms with Crippen LogP contribution in [0.2, 0.25) is 0 Å². The molecule has 2 nitrogen and oxygen atoms in total. The molecule has 1 rings (SSSR count). The first-order valence-corrected chi connectivity index (χ1v) is 6.97. The van der Waals surface area contributed by atoms with Crippen molar-refractivity contribution in [2.24, 2.45) is 5.84 Å². The summed E-state index contributed by atoms with van der Waals surface area (Å²) in [6.45, 7) is 2.19. The summed E-state index contributed by atoms with van der Waals surface area (Å²) in [6.07, 6.45) is 3.47. The third-order valence-corrected chi connectivity index (χ3v) is 3.86. The van der Waals surface area contributed by atoms with Crippen LogP contribution in [0.3, 0.4) is 0 Å². The number of nitrogens with two attached hydrogens (primary N) is 1. The van der Waals surface area contributed by atoms with Crippen molar-refractivity contribution in [2.75, 3.05) is 0 Å². The van der Waals surface area contributed by atoms with Gasteiger partial charge in [-0.1, -0.05) is 35.7 Å². The lowest BCUT2D eigenvalue weighted by Gasteiger charge is -2.17. The molecule has 0 amide bonds. The average Bonchev–Trinajstić information content (AvgIpc) is 2.24. The zero-order valence-electron chi connectivity index (χ0n) is 8.76. The summed E-state index contributed by atoms with van der Waals surface area (Å²) < 4.78 is 2.37. The Kier molecular flexibility index (Phi) is 6.11. The average molecular weight is 383 g/mol. The van der Waals surface area contributed by atoms with Gasteiger partial charge >= 0.3 is 0 Å². The predicted octanol–water partition coefficient (Wildman–Crippen LogP) is 3.75. The van der Waals surface area contributed by atoms with Crippen LogP contribution in [0.5, 0.6) is 0 Å². The van der Waals surface area contributed by atoms with E-state index in [-0.39, 0.29) is 6.04 Å². The number of unbranched alkanes of at least 4 members (excludes halogenated alkanes) is 1. The Labute approximate surface area is 113 Å². The molecule has 0 fully saturated rings. The molecule has 84 valence electrons. The molecule has 0 bridgehead atoms. The van der Waals surface area contributed by atoms with Crippen LogP contribution in [0.4, 0.5) is 0 Å². The second kappa shape index (κ2) is 6.83. The zero-order valence-corrected chi connectivity index (χ0v) is 12.5. The molecule has 3 N–H and O–H groups in total. The lowest BCUT2D eigenvalue weighted by atomic mass is 10.0. The van der Waals surface area contributed by atoms with Crippen molar-refractivity contribution < 1.29 is 0 Å². The van der Waals surface area contributed by atoms with Gasteiger partial charge in [-0.3, -0.25) is 11.3 Å². The first-order valence-electron chi connectivity index (χ1n) is 5.10. The second-order valence-electron chi connectivity index (χ2n) is 3.53. The lowest BCUT2D eigenvalue weighted by molar-refractivity contribution is 0.493. The highest BCUT2D eigenvalue weighted by Gasteiger charge is 2.12. The molecule has 0 saturated carbocycles. The monoisotopic (exact) mass is 382 g/mol. The normalized spacial score (nSPS) is 12.8. The van der Waals surface area contributed by atoms with Gasteiger partial charge in [-0.05, 0) is 52.8 Å². The standard InChI is InChI=1S/C11H16BrIN2/c1-2-3-4-11(15-14)9-7-8(12)5-6-10(9)13/h5-7,11,15H,2-4,14H2,1H3. The van der Waals surface area contributed by atoms with Crippen LogP contribution >= 0.6 is 38.5 Å². The van der Waals surface area contributed by atoms with Gasteiger partial charge in [0, 0.05) is 14.1 Å². The number of benzene rings is 1. The smallest absolute Gasteiger partial charge is 0.0470 e. The van der Waals surface area contributed by atoms with E-state index in [1.54, 1.807) is 0 Å². The zero-order chi connectivity index (χ0) is 11.3. The Bertz CT molecular complexity index is 317. The van der Waals surface area contributed by atoms with Crippen LogP contribution in [-0.2, 0) is 0 Å². The molecule has 1 unspecified atom stereocenters. The Morgan fingerprint density at radius 3 is 2.87 bits per heavy atom. The molecule has 1 atom stereocenters. The van der Waals surface area contributed by atoms with E-state index in [2.05, 4.69) is 69.1 Å². The molecule has 15 heavy (non-hydrogen) atoms. The summed E-state index contributed by atoms with van der Waals surface area (Å²) >= 11 is 5.84. The second-order valence-corrected chi connectivity index (χ2v) is 5.61. The Hall–Kier alpha value is 0.350. The third kappa shape index (κ3) is 4.01. The highest BCUT2D eigenvalue weighted by molar-refractivity contribution is 14.1. The van der Waals surface area contributed by atoms with Crippen molar-refractivity contribution in [3.05, 3.63) is 31.8 Å². The van der Waals surface area contributed by atoms with Crippen LogP contribution in [0.25, 0.3) is 0 Å². The number of nitrogens with one attached hydrogen (secondary N) is 1. The van der Waals surface area contributed by atoms with Crippen molar-refractivity contribution in [2.45, 2.75) is 32.2 Å². The Balaban J connectivity index is 2.85. The quantitative estimate of drug-likeness (QED) is 0.462. The van der Waals surface area contributed by atoms with Gasteiger partial charge in [-0.25, -0.2) is 0 Å². The van der Waals surface area contributed by atoms with E-state index in [1.807, 2.05) is 0 Å². The van der Waals surface area contributed by atoms with Crippen LogP contribution in [0, 0.1) is 3.57 Å². The molecular formula is C11H16BrIN2. The molecule has 4 heteroatoms. The fraction of sp³-hybridized carbons (Fsp3) is 0.455. The fourth-order valence-electron chi connectivity index (χ4n) is 1.52. The number of hydrazine groups is 1. The molecule has 1 aromatic rings. The Morgan fingerprint density at radius 2 is 2.27 bits per heavy atom. The molecule has 0 aliphatic heterocycles. The van der Waals surface area contributed by atoms with E-state index >= 15 is 0 Å². The van der Waals surface area contributed by atoms with E-state index in [1.165, 1.54) is 22.0 Å². The Morgan fingerprint density at radius 1 is 1.53 bits per heavy atom. The largest absolute Gasteiger partial charge is 0.271 e. The summed E-state index contributed by atoms with van der Waals surface area (Å²) in [7, 11) is 0. The highest BCUT2D eigenvalue weighted by Crippen LogP contribution is 2.26. The van der Waals surface area contributed by atoms with Crippen molar-refractivity contribution in [3.63, 3.8) is 0 Å². The van der Waals surface area contributed by atoms with Crippen LogP contribution in [0.15, 0.2) is 22.7 Å². The van der Waals surface area contributed by atoms with E-state index < -0.39 is 0 Å². The van der Waals surface area contributed by atoms with Crippen molar-refractivity contribution in [3.8, 4) is 0 Å². The summed E-state index contributed by atoms with van der Waals surface area (Å²) in [6, 6.07) is 6.56. The van der Waals surface area contributed by atoms with Crippen LogP contribution in [0.1, 0.15) is 37.8 Å². The number of hydrogen-bond acceptors (Lipinski definition) is 2. The van der Waals surface area contributed by atoms with Crippen molar-refractivity contribution >= 4 is 38.5 Å². The van der Waals surface area contributed by atoms with E-state index in [0.717, 1.165) is 10.9 Å². The van der Waals surface area contributed by atoms with Gasteiger partial charge in [-0.15, -0.1) is 0 Å². The van der Waals surface area contributed by atoms with Gasteiger partial charge in [0.2, 0.25) is 0 Å². The minimum Gasteiger partial charge on any atom is -0.271 e. The third-order valence-electron chi connectivity index (χ3n) is 2.38. The molecule has 0 spiro atoms. The molecule has 1 aromatic carbocycles. The van der Waals surface area contributed by atoms with E-state index in [4.69, 9.17) is 5.84 Å². The minimum absolute atomic E-state index is 0.259. The van der Waals surface area contributed by atoms with Crippen molar-refractivity contribution in [1.29, 1.82) is 0 Å². The molecular weight excluding hydrogens is 367 g/mol. The SMILES string of the molecule is CCCCC(NN)c1cc(Br)ccc1I.